The van der Waals surface area contributed by atoms with E-state index in [0.29, 0.717) is 5.13 Å². The van der Waals surface area contributed by atoms with E-state index in [0.717, 1.165) is 21.3 Å². The zero-order valence-electron chi connectivity index (χ0n) is 13.7. The van der Waals surface area contributed by atoms with Gasteiger partial charge < -0.3 is 4.90 Å². The lowest BCUT2D eigenvalue weighted by molar-refractivity contribution is -0.183. The number of aromatic nitrogens is 2. The third-order valence-corrected chi connectivity index (χ3v) is 5.95. The van der Waals surface area contributed by atoms with Crippen LogP contribution in [0.15, 0.2) is 5.38 Å². The Kier molecular flexibility index (Phi) is 5.01. The Labute approximate surface area is 150 Å². The second kappa shape index (κ2) is 6.91. The maximum atomic E-state index is 12.7. The number of hydrogen-bond acceptors (Lipinski definition) is 5. The molecular formula is C15H17F3N4OS2. The van der Waals surface area contributed by atoms with E-state index in [9.17, 15) is 18.0 Å². The SMILES string of the molecule is Cc1nc(C)c(-c2csc(NC(=O)N3CCC(C(F)(F)F)CC3)n2)s1. The van der Waals surface area contributed by atoms with E-state index in [2.05, 4.69) is 15.3 Å². The highest BCUT2D eigenvalue weighted by molar-refractivity contribution is 7.16. The number of piperidine rings is 1. The Balaban J connectivity index is 1.60. The number of hydrogen-bond donors (Lipinski definition) is 1. The smallest absolute Gasteiger partial charge is 0.324 e. The summed E-state index contributed by atoms with van der Waals surface area (Å²) in [5, 5.41) is 5.89. The number of likely N-dealkylation sites (tertiary alicyclic amines) is 1. The third-order valence-electron chi connectivity index (χ3n) is 4.10. The molecule has 3 heterocycles. The summed E-state index contributed by atoms with van der Waals surface area (Å²) in [4.78, 5) is 23.3. The van der Waals surface area contributed by atoms with Crippen molar-refractivity contribution in [2.45, 2.75) is 32.9 Å². The minimum Gasteiger partial charge on any atom is -0.324 e. The standard InChI is InChI=1S/C15H17F3N4OS2/c1-8-12(25-9(2)19-8)11-7-24-13(20-11)21-14(23)22-5-3-10(4-6-22)15(16,17)18/h7,10H,3-6H2,1-2H3,(H,20,21,23). The zero-order chi connectivity index (χ0) is 18.2. The van der Waals surface area contributed by atoms with Crippen LogP contribution in [0, 0.1) is 19.8 Å². The van der Waals surface area contributed by atoms with Crippen LogP contribution in [0.1, 0.15) is 23.5 Å². The summed E-state index contributed by atoms with van der Waals surface area (Å²) in [6, 6.07) is -0.404. The number of aryl methyl sites for hydroxylation is 2. The summed E-state index contributed by atoms with van der Waals surface area (Å²) in [7, 11) is 0. The molecule has 3 rings (SSSR count). The number of rotatable bonds is 2. The largest absolute Gasteiger partial charge is 0.391 e. The van der Waals surface area contributed by atoms with Gasteiger partial charge in [0.1, 0.15) is 0 Å². The van der Waals surface area contributed by atoms with Crippen molar-refractivity contribution in [1.29, 1.82) is 0 Å². The molecule has 2 aromatic rings. The van der Waals surface area contributed by atoms with Crippen LogP contribution < -0.4 is 5.32 Å². The van der Waals surface area contributed by atoms with Crippen LogP contribution in [0.2, 0.25) is 0 Å². The molecule has 136 valence electrons. The molecule has 0 radical (unpaired) electrons. The van der Waals surface area contributed by atoms with Crippen molar-refractivity contribution in [1.82, 2.24) is 14.9 Å². The number of halogens is 3. The minimum atomic E-state index is -4.18. The van der Waals surface area contributed by atoms with Gasteiger partial charge in [-0.15, -0.1) is 22.7 Å². The first-order valence-corrected chi connectivity index (χ1v) is 9.46. The van der Waals surface area contributed by atoms with Gasteiger partial charge in [-0.3, -0.25) is 5.32 Å². The predicted octanol–water partition coefficient (Wildman–Crippen LogP) is 4.69. The normalized spacial score (nSPS) is 16.3. The van der Waals surface area contributed by atoms with E-state index in [4.69, 9.17) is 0 Å². The maximum Gasteiger partial charge on any atom is 0.391 e. The number of nitrogens with one attached hydrogen (secondary N) is 1. The maximum absolute atomic E-state index is 12.7. The van der Waals surface area contributed by atoms with Gasteiger partial charge in [-0.25, -0.2) is 14.8 Å². The zero-order valence-corrected chi connectivity index (χ0v) is 15.3. The number of carbonyl (C=O) groups excluding carboxylic acids is 1. The highest BCUT2D eigenvalue weighted by Gasteiger charge is 2.41. The number of thiazole rings is 2. The summed E-state index contributed by atoms with van der Waals surface area (Å²) >= 11 is 2.82. The number of nitrogens with zero attached hydrogens (tertiary/aromatic N) is 3. The molecule has 0 aliphatic carbocycles. The van der Waals surface area contributed by atoms with Crippen molar-refractivity contribution in [2.24, 2.45) is 5.92 Å². The van der Waals surface area contributed by atoms with Gasteiger partial charge in [-0.1, -0.05) is 0 Å². The second-order valence-corrected chi connectivity index (χ2v) is 7.98. The summed E-state index contributed by atoms with van der Waals surface area (Å²) in [6.07, 6.45) is -4.30. The number of carbonyl (C=O) groups is 1. The van der Waals surface area contributed by atoms with Crippen LogP contribution in [0.4, 0.5) is 23.1 Å². The second-order valence-electron chi connectivity index (χ2n) is 5.92. The Morgan fingerprint density at radius 2 is 1.96 bits per heavy atom. The van der Waals surface area contributed by atoms with Crippen LogP contribution in [0.25, 0.3) is 10.6 Å². The van der Waals surface area contributed by atoms with Gasteiger partial charge in [0.25, 0.3) is 0 Å². The highest BCUT2D eigenvalue weighted by atomic mass is 32.1. The van der Waals surface area contributed by atoms with Crippen LogP contribution in [0.5, 0.6) is 0 Å². The topological polar surface area (TPSA) is 58.1 Å². The number of urea groups is 1. The Morgan fingerprint density at radius 1 is 1.28 bits per heavy atom. The Bertz CT molecular complexity index is 763. The van der Waals surface area contributed by atoms with E-state index in [1.807, 2.05) is 19.2 Å². The summed E-state index contributed by atoms with van der Waals surface area (Å²) in [6.45, 7) is 4.02. The first-order chi connectivity index (χ1) is 11.7. The van der Waals surface area contributed by atoms with Crippen LogP contribution >= 0.6 is 22.7 Å². The molecule has 0 spiro atoms. The van der Waals surface area contributed by atoms with Gasteiger partial charge in [-0.2, -0.15) is 13.2 Å². The van der Waals surface area contributed by atoms with Crippen molar-refractivity contribution in [2.75, 3.05) is 18.4 Å². The minimum absolute atomic E-state index is 0.0562. The third kappa shape index (κ3) is 4.12. The molecule has 0 aromatic carbocycles. The average molecular weight is 390 g/mol. The molecule has 2 amide bonds. The quantitative estimate of drug-likeness (QED) is 0.809. The molecule has 10 heteroatoms. The molecule has 0 saturated carbocycles. The first-order valence-electron chi connectivity index (χ1n) is 7.76. The molecule has 2 aromatic heterocycles. The van der Waals surface area contributed by atoms with E-state index < -0.39 is 18.1 Å². The van der Waals surface area contributed by atoms with Gasteiger partial charge in [-0.05, 0) is 26.7 Å². The molecule has 1 aliphatic heterocycles. The first kappa shape index (κ1) is 18.1. The molecule has 1 fully saturated rings. The molecule has 25 heavy (non-hydrogen) atoms. The molecule has 0 atom stereocenters. The highest BCUT2D eigenvalue weighted by Crippen LogP contribution is 2.35. The number of anilines is 1. The fourth-order valence-electron chi connectivity index (χ4n) is 2.78. The molecule has 5 nitrogen and oxygen atoms in total. The van der Waals surface area contributed by atoms with Crippen molar-refractivity contribution >= 4 is 33.8 Å². The van der Waals surface area contributed by atoms with Gasteiger partial charge in [0, 0.05) is 18.5 Å². The molecule has 0 unspecified atom stereocenters. The van der Waals surface area contributed by atoms with E-state index >= 15 is 0 Å². The fraction of sp³-hybridized carbons (Fsp3) is 0.533. The molecule has 1 aliphatic rings. The van der Waals surface area contributed by atoms with Gasteiger partial charge in [0.2, 0.25) is 0 Å². The van der Waals surface area contributed by atoms with Crippen molar-refractivity contribution in [3.8, 4) is 10.6 Å². The lowest BCUT2D eigenvalue weighted by Crippen LogP contribution is -2.43. The van der Waals surface area contributed by atoms with Gasteiger partial charge in [0.05, 0.1) is 27.2 Å². The fourth-order valence-corrected chi connectivity index (χ4v) is 4.43. The summed E-state index contributed by atoms with van der Waals surface area (Å²) < 4.78 is 38.0. The molecule has 1 saturated heterocycles. The Hall–Kier alpha value is -1.68. The Morgan fingerprint density at radius 3 is 2.52 bits per heavy atom. The van der Waals surface area contributed by atoms with Crippen LogP contribution in [-0.2, 0) is 0 Å². The summed E-state index contributed by atoms with van der Waals surface area (Å²) in [5.74, 6) is -1.32. The summed E-state index contributed by atoms with van der Waals surface area (Å²) in [5.41, 5.74) is 1.64. The number of amides is 2. The van der Waals surface area contributed by atoms with Crippen molar-refractivity contribution < 1.29 is 18.0 Å². The number of alkyl halides is 3. The molecular weight excluding hydrogens is 373 g/mol. The van der Waals surface area contributed by atoms with E-state index in [-0.39, 0.29) is 25.9 Å². The monoisotopic (exact) mass is 390 g/mol. The van der Waals surface area contributed by atoms with Crippen molar-refractivity contribution in [3.05, 3.63) is 16.1 Å². The van der Waals surface area contributed by atoms with Crippen LogP contribution in [-0.4, -0.2) is 40.2 Å². The van der Waals surface area contributed by atoms with Gasteiger partial charge in [0.15, 0.2) is 5.13 Å². The van der Waals surface area contributed by atoms with Gasteiger partial charge >= 0.3 is 12.2 Å². The lowest BCUT2D eigenvalue weighted by atomic mass is 9.96. The van der Waals surface area contributed by atoms with E-state index in [1.54, 1.807) is 0 Å². The van der Waals surface area contributed by atoms with Crippen LogP contribution in [0.3, 0.4) is 0 Å². The van der Waals surface area contributed by atoms with E-state index in [1.165, 1.54) is 27.6 Å². The lowest BCUT2D eigenvalue weighted by Gasteiger charge is -2.32. The molecule has 0 bridgehead atoms. The predicted molar refractivity (Wildman–Crippen MR) is 92.1 cm³/mol. The molecule has 1 N–H and O–H groups in total. The van der Waals surface area contributed by atoms with Crippen molar-refractivity contribution in [3.63, 3.8) is 0 Å². The average Bonchev–Trinajstić information content (AvgIpc) is 3.12.